The number of nitrogens with zero attached hydrogens (tertiary/aromatic N) is 1. The first-order chi connectivity index (χ1) is 6.02. The lowest BCUT2D eigenvalue weighted by atomic mass is 9.91. The highest BCUT2D eigenvalue weighted by Gasteiger charge is 2.45. The molecule has 0 radical (unpaired) electrons. The SMILES string of the molecule is C[N+]1(C)CCC2(CC1)CNC(=O)O2.[Cl-]. The van der Waals surface area contributed by atoms with E-state index in [1.54, 1.807) is 0 Å². The van der Waals surface area contributed by atoms with E-state index < -0.39 is 0 Å². The molecular formula is C9H17ClN2O2. The monoisotopic (exact) mass is 220 g/mol. The molecule has 0 unspecified atom stereocenters. The van der Waals surface area contributed by atoms with Gasteiger partial charge in [-0.25, -0.2) is 4.79 Å². The zero-order valence-electron chi connectivity index (χ0n) is 8.68. The lowest BCUT2D eigenvalue weighted by Crippen LogP contribution is -3.00. The van der Waals surface area contributed by atoms with E-state index in [2.05, 4.69) is 19.4 Å². The van der Waals surface area contributed by atoms with Crippen LogP contribution in [0.15, 0.2) is 0 Å². The van der Waals surface area contributed by atoms with E-state index in [9.17, 15) is 4.79 Å². The third-order valence-electron chi connectivity index (χ3n) is 3.21. The van der Waals surface area contributed by atoms with Crippen LogP contribution in [0.5, 0.6) is 0 Å². The molecule has 2 aliphatic heterocycles. The van der Waals surface area contributed by atoms with Crippen molar-refractivity contribution in [2.75, 3.05) is 33.7 Å². The largest absolute Gasteiger partial charge is 1.00 e. The Morgan fingerprint density at radius 3 is 2.36 bits per heavy atom. The van der Waals surface area contributed by atoms with E-state index in [-0.39, 0.29) is 24.1 Å². The van der Waals surface area contributed by atoms with Crippen LogP contribution in [-0.2, 0) is 4.74 Å². The van der Waals surface area contributed by atoms with Crippen LogP contribution in [0.4, 0.5) is 4.79 Å². The second-order valence-electron chi connectivity index (χ2n) is 4.81. The van der Waals surface area contributed by atoms with Crippen LogP contribution >= 0.6 is 0 Å². The second kappa shape index (κ2) is 3.59. The smallest absolute Gasteiger partial charge is 0.407 e. The van der Waals surface area contributed by atoms with Crippen molar-refractivity contribution in [3.63, 3.8) is 0 Å². The second-order valence-corrected chi connectivity index (χ2v) is 4.81. The van der Waals surface area contributed by atoms with Crippen LogP contribution in [0.2, 0.25) is 0 Å². The number of ether oxygens (including phenoxy) is 1. The number of rotatable bonds is 0. The Morgan fingerprint density at radius 1 is 1.36 bits per heavy atom. The molecular weight excluding hydrogens is 204 g/mol. The van der Waals surface area contributed by atoms with Gasteiger partial charge in [0.25, 0.3) is 0 Å². The molecule has 2 fully saturated rings. The Bertz CT molecular complexity index is 233. The van der Waals surface area contributed by atoms with Crippen molar-refractivity contribution in [1.82, 2.24) is 5.32 Å². The topological polar surface area (TPSA) is 38.3 Å². The predicted molar refractivity (Wildman–Crippen MR) is 48.3 cm³/mol. The van der Waals surface area contributed by atoms with Gasteiger partial charge in [0.15, 0.2) is 0 Å². The van der Waals surface area contributed by atoms with E-state index in [0.717, 1.165) is 30.4 Å². The van der Waals surface area contributed by atoms with Gasteiger partial charge in [-0.2, -0.15) is 0 Å². The lowest BCUT2D eigenvalue weighted by Gasteiger charge is -2.40. The highest BCUT2D eigenvalue weighted by molar-refractivity contribution is 5.70. The minimum atomic E-state index is -0.243. The maximum atomic E-state index is 10.9. The number of alkyl carbamates (subject to hydrolysis) is 1. The van der Waals surface area contributed by atoms with Gasteiger partial charge in [-0.3, -0.25) is 0 Å². The van der Waals surface area contributed by atoms with Crippen molar-refractivity contribution in [1.29, 1.82) is 0 Å². The number of nitrogens with one attached hydrogen (secondary N) is 1. The molecule has 0 saturated carbocycles. The predicted octanol–water partition coefficient (Wildman–Crippen LogP) is -2.66. The van der Waals surface area contributed by atoms with Crippen LogP contribution in [0.25, 0.3) is 0 Å². The fourth-order valence-corrected chi connectivity index (χ4v) is 2.03. The molecule has 2 saturated heterocycles. The highest BCUT2D eigenvalue weighted by atomic mass is 35.5. The quantitative estimate of drug-likeness (QED) is 0.453. The zero-order valence-corrected chi connectivity index (χ0v) is 9.43. The summed E-state index contributed by atoms with van der Waals surface area (Å²) in [7, 11) is 4.44. The summed E-state index contributed by atoms with van der Waals surface area (Å²) in [4.78, 5) is 10.9. The highest BCUT2D eigenvalue weighted by Crippen LogP contribution is 2.30. The number of carbonyl (C=O) groups excluding carboxylic acids is 1. The number of piperidine rings is 1. The van der Waals surface area contributed by atoms with Crippen LogP contribution in [-0.4, -0.2) is 49.9 Å². The number of carbonyl (C=O) groups is 1. The van der Waals surface area contributed by atoms with Crippen LogP contribution in [0.1, 0.15) is 12.8 Å². The summed E-state index contributed by atoms with van der Waals surface area (Å²) in [6.45, 7) is 2.88. The van der Waals surface area contributed by atoms with Gasteiger partial charge in [0.05, 0.1) is 33.7 Å². The van der Waals surface area contributed by atoms with E-state index in [0.29, 0.717) is 6.54 Å². The first kappa shape index (κ1) is 11.6. The average Bonchev–Trinajstić information content (AvgIpc) is 2.41. The van der Waals surface area contributed by atoms with Crippen LogP contribution in [0.3, 0.4) is 0 Å². The van der Waals surface area contributed by atoms with Gasteiger partial charge in [0.1, 0.15) is 5.60 Å². The summed E-state index contributed by atoms with van der Waals surface area (Å²) in [5.41, 5.74) is -0.176. The van der Waals surface area contributed by atoms with Crippen molar-refractivity contribution in [2.45, 2.75) is 18.4 Å². The first-order valence-electron chi connectivity index (χ1n) is 4.80. The first-order valence-corrected chi connectivity index (χ1v) is 4.80. The number of amides is 1. The normalized spacial score (nSPS) is 27.7. The molecule has 0 bridgehead atoms. The van der Waals surface area contributed by atoms with Crippen molar-refractivity contribution >= 4 is 6.09 Å². The number of halogens is 1. The summed E-state index contributed by atoms with van der Waals surface area (Å²) >= 11 is 0. The molecule has 4 nitrogen and oxygen atoms in total. The number of hydrogen-bond donors (Lipinski definition) is 1. The number of hydrogen-bond acceptors (Lipinski definition) is 2. The summed E-state index contributed by atoms with van der Waals surface area (Å²) in [5, 5.41) is 2.74. The fourth-order valence-electron chi connectivity index (χ4n) is 2.03. The molecule has 0 aromatic carbocycles. The van der Waals surface area contributed by atoms with Gasteiger partial charge in [-0.1, -0.05) is 0 Å². The molecule has 2 aliphatic rings. The van der Waals surface area contributed by atoms with Crippen molar-refractivity contribution in [3.8, 4) is 0 Å². The third kappa shape index (κ3) is 2.12. The van der Waals surface area contributed by atoms with E-state index in [1.165, 1.54) is 0 Å². The lowest BCUT2D eigenvalue weighted by molar-refractivity contribution is -0.897. The molecule has 0 aliphatic carbocycles. The molecule has 0 atom stereocenters. The van der Waals surface area contributed by atoms with Gasteiger partial charge < -0.3 is 26.9 Å². The molecule has 5 heteroatoms. The summed E-state index contributed by atoms with van der Waals surface area (Å²) < 4.78 is 6.36. The van der Waals surface area contributed by atoms with Crippen molar-refractivity contribution in [2.24, 2.45) is 0 Å². The van der Waals surface area contributed by atoms with Crippen molar-refractivity contribution < 1.29 is 26.4 Å². The van der Waals surface area contributed by atoms with Crippen LogP contribution in [0, 0.1) is 0 Å². The minimum Gasteiger partial charge on any atom is -1.00 e. The molecule has 2 rings (SSSR count). The summed E-state index contributed by atoms with van der Waals surface area (Å²) in [6, 6.07) is 0. The van der Waals surface area contributed by atoms with Crippen molar-refractivity contribution in [3.05, 3.63) is 0 Å². The molecule has 0 aromatic rings. The molecule has 1 amide bonds. The molecule has 2 heterocycles. The van der Waals surface area contributed by atoms with E-state index >= 15 is 0 Å². The zero-order chi connectivity index (χ0) is 9.53. The van der Waals surface area contributed by atoms with Gasteiger partial charge in [0, 0.05) is 12.8 Å². The maximum Gasteiger partial charge on any atom is 0.407 e. The summed E-state index contributed by atoms with van der Waals surface area (Å²) in [5.74, 6) is 0. The average molecular weight is 221 g/mol. The molecule has 1 spiro atoms. The Balaban J connectivity index is 0.000000980. The summed E-state index contributed by atoms with van der Waals surface area (Å²) in [6.07, 6.45) is 1.73. The molecule has 82 valence electrons. The molecule has 14 heavy (non-hydrogen) atoms. The standard InChI is InChI=1S/C9H16N2O2.ClH/c1-11(2)5-3-9(4-6-11)7-10-8(12)13-9;/h3-7H2,1-2H3;1H. The third-order valence-corrected chi connectivity index (χ3v) is 3.21. The Hall–Kier alpha value is -0.480. The Labute approximate surface area is 90.6 Å². The number of quaternary nitrogens is 1. The van der Waals surface area contributed by atoms with E-state index in [4.69, 9.17) is 4.74 Å². The fraction of sp³-hybridized carbons (Fsp3) is 0.889. The van der Waals surface area contributed by atoms with Crippen LogP contribution < -0.4 is 17.7 Å². The maximum absolute atomic E-state index is 10.9. The minimum absolute atomic E-state index is 0. The van der Waals surface area contributed by atoms with E-state index in [1.807, 2.05) is 0 Å². The van der Waals surface area contributed by atoms with Gasteiger partial charge in [-0.15, -0.1) is 0 Å². The van der Waals surface area contributed by atoms with Gasteiger partial charge in [0.2, 0.25) is 0 Å². The van der Waals surface area contributed by atoms with Gasteiger partial charge in [-0.05, 0) is 0 Å². The molecule has 0 aromatic heterocycles. The molecule has 1 N–H and O–H groups in total. The van der Waals surface area contributed by atoms with Gasteiger partial charge >= 0.3 is 6.09 Å². The number of likely N-dealkylation sites (tertiary alicyclic amines) is 1. The Kier molecular flexibility index (Phi) is 2.97. The Morgan fingerprint density at radius 2 is 1.93 bits per heavy atom.